The highest BCUT2D eigenvalue weighted by Crippen LogP contribution is 2.25. The van der Waals surface area contributed by atoms with Crippen molar-refractivity contribution in [2.75, 3.05) is 26.2 Å². The van der Waals surface area contributed by atoms with Crippen molar-refractivity contribution in [1.29, 1.82) is 0 Å². The molecule has 3 heterocycles. The molecule has 3 aromatic rings. The van der Waals surface area contributed by atoms with Gasteiger partial charge < -0.3 is 5.11 Å². The van der Waals surface area contributed by atoms with E-state index in [1.165, 1.54) is 27.9 Å². The highest BCUT2D eigenvalue weighted by Gasteiger charge is 2.27. The third kappa shape index (κ3) is 4.78. The summed E-state index contributed by atoms with van der Waals surface area (Å²) < 4.78 is 1.98. The van der Waals surface area contributed by atoms with Crippen LogP contribution in [-0.4, -0.2) is 57.0 Å². The van der Waals surface area contributed by atoms with Gasteiger partial charge in [0.25, 0.3) is 0 Å². The SMILES string of the molecule is Cc1cc(C)c(CN2CCN(Cc3ccsc3)[C@@H](CCO)C2)c(-n2cccn2)c1. The summed E-state index contributed by atoms with van der Waals surface area (Å²) >= 11 is 1.75. The first-order valence-electron chi connectivity index (χ1n) is 10.3. The molecule has 4 rings (SSSR count). The van der Waals surface area contributed by atoms with Gasteiger partial charge in [0.1, 0.15) is 0 Å². The molecule has 29 heavy (non-hydrogen) atoms. The maximum atomic E-state index is 9.63. The molecule has 0 unspecified atom stereocenters. The summed E-state index contributed by atoms with van der Waals surface area (Å²) in [6.45, 7) is 9.52. The number of piperazine rings is 1. The zero-order chi connectivity index (χ0) is 20.2. The smallest absolute Gasteiger partial charge is 0.0695 e. The van der Waals surface area contributed by atoms with Crippen molar-refractivity contribution < 1.29 is 5.11 Å². The zero-order valence-electron chi connectivity index (χ0n) is 17.3. The van der Waals surface area contributed by atoms with Crippen LogP contribution in [-0.2, 0) is 13.1 Å². The van der Waals surface area contributed by atoms with E-state index in [0.717, 1.165) is 39.1 Å². The van der Waals surface area contributed by atoms with Crippen LogP contribution in [0.15, 0.2) is 47.4 Å². The molecule has 0 bridgehead atoms. The van der Waals surface area contributed by atoms with Crippen LogP contribution in [0.3, 0.4) is 0 Å². The molecule has 0 radical (unpaired) electrons. The lowest BCUT2D eigenvalue weighted by Gasteiger charge is -2.41. The number of rotatable bonds is 7. The number of aryl methyl sites for hydroxylation is 2. The molecule has 1 aliphatic rings. The van der Waals surface area contributed by atoms with E-state index in [9.17, 15) is 5.11 Å². The van der Waals surface area contributed by atoms with Crippen molar-refractivity contribution in [3.63, 3.8) is 0 Å². The number of hydrogen-bond donors (Lipinski definition) is 1. The Balaban J connectivity index is 1.52. The van der Waals surface area contributed by atoms with E-state index in [4.69, 9.17) is 0 Å². The number of nitrogens with zero attached hydrogens (tertiary/aromatic N) is 4. The monoisotopic (exact) mass is 410 g/mol. The Kier molecular flexibility index (Phi) is 6.45. The molecule has 154 valence electrons. The van der Waals surface area contributed by atoms with E-state index < -0.39 is 0 Å². The predicted octanol–water partition coefficient (Wildman–Crippen LogP) is 3.62. The van der Waals surface area contributed by atoms with Crippen molar-refractivity contribution in [3.8, 4) is 5.69 Å². The highest BCUT2D eigenvalue weighted by molar-refractivity contribution is 7.07. The summed E-state index contributed by atoms with van der Waals surface area (Å²) in [6, 6.07) is 9.06. The lowest BCUT2D eigenvalue weighted by Crippen LogP contribution is -2.52. The van der Waals surface area contributed by atoms with Gasteiger partial charge in [0, 0.05) is 57.8 Å². The van der Waals surface area contributed by atoms with E-state index in [2.05, 4.69) is 57.7 Å². The Morgan fingerprint density at radius 1 is 1.21 bits per heavy atom. The number of aromatic nitrogens is 2. The van der Waals surface area contributed by atoms with Gasteiger partial charge in [0.2, 0.25) is 0 Å². The molecule has 1 aliphatic heterocycles. The summed E-state index contributed by atoms with van der Waals surface area (Å²) in [7, 11) is 0. The Bertz CT molecular complexity index is 907. The van der Waals surface area contributed by atoms with Gasteiger partial charge in [-0.2, -0.15) is 16.4 Å². The summed E-state index contributed by atoms with van der Waals surface area (Å²) in [6.07, 6.45) is 4.67. The van der Waals surface area contributed by atoms with Crippen LogP contribution in [0.2, 0.25) is 0 Å². The Hall–Kier alpha value is -1.99. The van der Waals surface area contributed by atoms with Gasteiger partial charge in [0.05, 0.1) is 5.69 Å². The van der Waals surface area contributed by atoms with Gasteiger partial charge >= 0.3 is 0 Å². The maximum Gasteiger partial charge on any atom is 0.0695 e. The van der Waals surface area contributed by atoms with E-state index in [1.807, 2.05) is 23.1 Å². The Labute approximate surface area is 177 Å². The number of aliphatic hydroxyl groups excluding tert-OH is 1. The molecule has 1 aromatic carbocycles. The molecule has 6 heteroatoms. The number of thiophene rings is 1. The molecule has 5 nitrogen and oxygen atoms in total. The van der Waals surface area contributed by atoms with E-state index in [-0.39, 0.29) is 6.61 Å². The van der Waals surface area contributed by atoms with Gasteiger partial charge in [-0.05, 0) is 71.5 Å². The van der Waals surface area contributed by atoms with Crippen LogP contribution in [0.25, 0.3) is 5.69 Å². The lowest BCUT2D eigenvalue weighted by atomic mass is 10.0. The van der Waals surface area contributed by atoms with Crippen molar-refractivity contribution in [1.82, 2.24) is 19.6 Å². The van der Waals surface area contributed by atoms with E-state index >= 15 is 0 Å². The first-order valence-corrected chi connectivity index (χ1v) is 11.3. The van der Waals surface area contributed by atoms with Crippen LogP contribution < -0.4 is 0 Å². The third-order valence-corrected chi connectivity index (χ3v) is 6.58. The van der Waals surface area contributed by atoms with Crippen molar-refractivity contribution in [2.45, 2.75) is 39.4 Å². The molecular weight excluding hydrogens is 380 g/mol. The minimum absolute atomic E-state index is 0.237. The Morgan fingerprint density at radius 2 is 2.10 bits per heavy atom. The largest absolute Gasteiger partial charge is 0.396 e. The number of aliphatic hydroxyl groups is 1. The Morgan fingerprint density at radius 3 is 2.83 bits per heavy atom. The zero-order valence-corrected chi connectivity index (χ0v) is 18.1. The van der Waals surface area contributed by atoms with Crippen LogP contribution in [0.4, 0.5) is 0 Å². The van der Waals surface area contributed by atoms with Crippen LogP contribution in [0, 0.1) is 13.8 Å². The minimum Gasteiger partial charge on any atom is -0.396 e. The molecule has 0 amide bonds. The first-order chi connectivity index (χ1) is 14.1. The second kappa shape index (κ2) is 9.22. The summed E-state index contributed by atoms with van der Waals surface area (Å²) in [5.41, 5.74) is 6.47. The topological polar surface area (TPSA) is 44.5 Å². The summed E-state index contributed by atoms with van der Waals surface area (Å²) in [5, 5.41) is 18.5. The van der Waals surface area contributed by atoms with Gasteiger partial charge in [-0.3, -0.25) is 9.80 Å². The predicted molar refractivity (Wildman–Crippen MR) is 119 cm³/mol. The van der Waals surface area contributed by atoms with Gasteiger partial charge in [-0.1, -0.05) is 6.07 Å². The van der Waals surface area contributed by atoms with Crippen LogP contribution >= 0.6 is 11.3 Å². The molecule has 1 fully saturated rings. The normalized spacial score (nSPS) is 18.4. The molecule has 1 saturated heterocycles. The summed E-state index contributed by atoms with van der Waals surface area (Å²) in [4.78, 5) is 5.07. The third-order valence-electron chi connectivity index (χ3n) is 5.84. The fourth-order valence-corrected chi connectivity index (χ4v) is 5.03. The van der Waals surface area contributed by atoms with E-state index in [0.29, 0.717) is 6.04 Å². The van der Waals surface area contributed by atoms with Crippen molar-refractivity contribution >= 4 is 11.3 Å². The number of benzene rings is 1. The first kappa shape index (κ1) is 20.3. The second-order valence-electron chi connectivity index (χ2n) is 8.03. The molecule has 1 N–H and O–H groups in total. The second-order valence-corrected chi connectivity index (χ2v) is 8.81. The maximum absolute atomic E-state index is 9.63. The average molecular weight is 411 g/mol. The molecule has 0 saturated carbocycles. The van der Waals surface area contributed by atoms with Gasteiger partial charge in [-0.15, -0.1) is 0 Å². The average Bonchev–Trinajstić information content (AvgIpc) is 3.40. The van der Waals surface area contributed by atoms with Crippen LogP contribution in [0.1, 0.15) is 28.7 Å². The van der Waals surface area contributed by atoms with Crippen molar-refractivity contribution in [2.24, 2.45) is 0 Å². The molecule has 0 spiro atoms. The number of hydrogen-bond acceptors (Lipinski definition) is 5. The standard InChI is InChI=1S/C23H30N4OS/c1-18-12-19(2)22(23(13-18)27-7-3-6-24-27)16-25-8-9-26(21(15-25)4-10-28)14-20-5-11-29-17-20/h3,5-7,11-13,17,21,28H,4,8-10,14-16H2,1-2H3/t21-/m0/s1. The fraction of sp³-hybridized carbons (Fsp3) is 0.435. The lowest BCUT2D eigenvalue weighted by molar-refractivity contribution is 0.0499. The highest BCUT2D eigenvalue weighted by atomic mass is 32.1. The molecular formula is C23H30N4OS. The quantitative estimate of drug-likeness (QED) is 0.646. The van der Waals surface area contributed by atoms with E-state index in [1.54, 1.807) is 11.3 Å². The van der Waals surface area contributed by atoms with Gasteiger partial charge in [-0.25, -0.2) is 4.68 Å². The minimum atomic E-state index is 0.237. The van der Waals surface area contributed by atoms with Crippen molar-refractivity contribution in [3.05, 3.63) is 69.7 Å². The van der Waals surface area contributed by atoms with Gasteiger partial charge in [0.15, 0.2) is 0 Å². The fourth-order valence-electron chi connectivity index (χ4n) is 4.37. The molecule has 2 aromatic heterocycles. The molecule has 1 atom stereocenters. The van der Waals surface area contributed by atoms with Crippen LogP contribution in [0.5, 0.6) is 0 Å². The summed E-state index contributed by atoms with van der Waals surface area (Å²) in [5.74, 6) is 0. The molecule has 0 aliphatic carbocycles.